The van der Waals surface area contributed by atoms with Gasteiger partial charge >= 0.3 is 0 Å². The fourth-order valence-corrected chi connectivity index (χ4v) is 6.43. The van der Waals surface area contributed by atoms with Crippen molar-refractivity contribution >= 4 is 42.5 Å². The number of para-hydroxylation sites is 1. The van der Waals surface area contributed by atoms with Crippen LogP contribution in [-0.4, -0.2) is 57.9 Å². The summed E-state index contributed by atoms with van der Waals surface area (Å²) in [5.41, 5.74) is 4.65. The molecule has 11 heteroatoms. The molecule has 1 saturated heterocycles. The van der Waals surface area contributed by atoms with Crippen LogP contribution in [0.25, 0.3) is 33.3 Å². The lowest BCUT2D eigenvalue weighted by molar-refractivity contribution is 0.0787. The van der Waals surface area contributed by atoms with Crippen molar-refractivity contribution in [2.24, 2.45) is 5.41 Å². The van der Waals surface area contributed by atoms with Crippen LogP contribution in [0.15, 0.2) is 48.9 Å². The van der Waals surface area contributed by atoms with Gasteiger partial charge in [-0.1, -0.05) is 43.7 Å². The van der Waals surface area contributed by atoms with E-state index in [1.807, 2.05) is 54.3 Å². The van der Waals surface area contributed by atoms with Crippen LogP contribution in [0, 0.1) is 12.3 Å². The highest BCUT2D eigenvalue weighted by atomic mass is 35.5. The third-order valence-corrected chi connectivity index (χ3v) is 9.45. The first-order chi connectivity index (χ1) is 20.3. The summed E-state index contributed by atoms with van der Waals surface area (Å²) >= 11 is 6.89. The predicted octanol–water partition coefficient (Wildman–Crippen LogP) is 7.14. The standard InChI is InChI=1S/C31H36ClN6O3Si/c1-21-35-30-25(38(21)20-40-12-6-14-42(3)4)7-5-8-27(30)41-26-10-9-23-29(28(26)32)36-24(16-33-23)22-15-34-37(17-22)18-31(2)11-13-39-19-31/h5,7-10,15-17H,6,11-14,18-20H2,1-4H3. The molecule has 3 aromatic heterocycles. The Kier molecular flexibility index (Phi) is 8.31. The monoisotopic (exact) mass is 603 g/mol. The molecule has 0 spiro atoms. The van der Waals surface area contributed by atoms with E-state index in [1.165, 1.54) is 6.04 Å². The van der Waals surface area contributed by atoms with E-state index in [0.29, 0.717) is 40.0 Å². The Morgan fingerprint density at radius 2 is 1.98 bits per heavy atom. The molecule has 1 atom stereocenters. The van der Waals surface area contributed by atoms with E-state index in [1.54, 1.807) is 6.20 Å². The van der Waals surface area contributed by atoms with Gasteiger partial charge in [-0.25, -0.2) is 9.97 Å². The first-order valence-electron chi connectivity index (χ1n) is 14.4. The molecule has 1 unspecified atom stereocenters. The average molecular weight is 604 g/mol. The number of ether oxygens (including phenoxy) is 3. The van der Waals surface area contributed by atoms with Gasteiger partial charge in [0, 0.05) is 45.7 Å². The smallest absolute Gasteiger partial charge is 0.155 e. The average Bonchev–Trinajstić information content (AvgIpc) is 3.69. The van der Waals surface area contributed by atoms with Crippen molar-refractivity contribution in [2.45, 2.75) is 59.1 Å². The van der Waals surface area contributed by atoms with Gasteiger partial charge in [-0.15, -0.1) is 0 Å². The molecule has 0 saturated carbocycles. The Balaban J connectivity index is 1.23. The molecule has 1 radical (unpaired) electrons. The number of benzene rings is 2. The summed E-state index contributed by atoms with van der Waals surface area (Å²) in [7, 11) is -0.227. The van der Waals surface area contributed by atoms with Crippen LogP contribution in [0.1, 0.15) is 25.6 Å². The summed E-state index contributed by atoms with van der Waals surface area (Å²) in [5, 5.41) is 4.97. The van der Waals surface area contributed by atoms with Crippen LogP contribution in [0.4, 0.5) is 0 Å². The van der Waals surface area contributed by atoms with Gasteiger partial charge in [0.05, 0.1) is 35.7 Å². The van der Waals surface area contributed by atoms with Gasteiger partial charge in [-0.05, 0) is 44.0 Å². The minimum Gasteiger partial charge on any atom is -0.453 e. The van der Waals surface area contributed by atoms with Crippen LogP contribution in [0.2, 0.25) is 24.2 Å². The predicted molar refractivity (Wildman–Crippen MR) is 167 cm³/mol. The van der Waals surface area contributed by atoms with E-state index in [9.17, 15) is 0 Å². The molecule has 219 valence electrons. The van der Waals surface area contributed by atoms with Crippen LogP contribution in [0.3, 0.4) is 0 Å². The van der Waals surface area contributed by atoms with Crippen molar-refractivity contribution in [3.63, 3.8) is 0 Å². The molecule has 6 rings (SSSR count). The molecule has 5 aromatic rings. The van der Waals surface area contributed by atoms with Gasteiger partial charge in [0.25, 0.3) is 0 Å². The molecule has 0 aliphatic carbocycles. The summed E-state index contributed by atoms with van der Waals surface area (Å²) < 4.78 is 22.0. The van der Waals surface area contributed by atoms with Crippen molar-refractivity contribution < 1.29 is 14.2 Å². The third-order valence-electron chi connectivity index (χ3n) is 7.73. The van der Waals surface area contributed by atoms with Crippen molar-refractivity contribution in [1.29, 1.82) is 0 Å². The highest BCUT2D eigenvalue weighted by Gasteiger charge is 2.30. The molecule has 2 aromatic carbocycles. The number of halogens is 1. The second-order valence-corrected chi connectivity index (χ2v) is 15.0. The first-order valence-corrected chi connectivity index (χ1v) is 17.4. The lowest BCUT2D eigenvalue weighted by Gasteiger charge is -2.21. The summed E-state index contributed by atoms with van der Waals surface area (Å²) in [6, 6.07) is 10.8. The summed E-state index contributed by atoms with van der Waals surface area (Å²) in [6.07, 6.45) is 7.68. The summed E-state index contributed by atoms with van der Waals surface area (Å²) in [4.78, 5) is 14.3. The molecule has 9 nitrogen and oxygen atoms in total. The Hall–Kier alpha value is -3.31. The molecular weight excluding hydrogens is 568 g/mol. The zero-order valence-corrected chi connectivity index (χ0v) is 26.3. The molecule has 0 bridgehead atoms. The quantitative estimate of drug-likeness (QED) is 0.117. The fraction of sp³-hybridized carbons (Fsp3) is 0.419. The maximum Gasteiger partial charge on any atom is 0.155 e. The Labute approximate surface area is 252 Å². The molecule has 1 aliphatic heterocycles. The molecule has 0 N–H and O–H groups in total. The number of fused-ring (bicyclic) bond motifs is 2. The summed E-state index contributed by atoms with van der Waals surface area (Å²) in [5.74, 6) is 1.98. The van der Waals surface area contributed by atoms with E-state index in [4.69, 9.17) is 35.8 Å². The Bertz CT molecular complexity index is 1710. The normalized spacial score (nSPS) is 17.2. The number of nitrogens with zero attached hydrogens (tertiary/aromatic N) is 6. The number of hydrogen-bond donors (Lipinski definition) is 0. The van der Waals surface area contributed by atoms with Crippen LogP contribution >= 0.6 is 11.6 Å². The molecule has 4 heterocycles. The van der Waals surface area contributed by atoms with E-state index < -0.39 is 0 Å². The SMILES string of the molecule is Cc1nc2c(Oc3ccc4ncc(-c5cnn(CC6(C)CCOC6)c5)nc4c3Cl)cccc2n1COCCC[Si](C)C. The number of aryl methyl sites for hydroxylation is 1. The molecular formula is C31H36ClN6O3Si. The molecule has 1 aliphatic rings. The highest BCUT2D eigenvalue weighted by Crippen LogP contribution is 2.37. The zero-order valence-electron chi connectivity index (χ0n) is 24.6. The van der Waals surface area contributed by atoms with Crippen molar-refractivity contribution in [2.75, 3.05) is 19.8 Å². The molecule has 0 amide bonds. The maximum atomic E-state index is 6.89. The lowest BCUT2D eigenvalue weighted by atomic mass is 9.90. The van der Waals surface area contributed by atoms with E-state index in [2.05, 4.69) is 34.7 Å². The van der Waals surface area contributed by atoms with Crippen molar-refractivity contribution in [1.82, 2.24) is 29.3 Å². The minimum atomic E-state index is -0.227. The number of aromatic nitrogens is 6. The van der Waals surface area contributed by atoms with E-state index in [0.717, 1.165) is 61.6 Å². The molecule has 1 fully saturated rings. The van der Waals surface area contributed by atoms with Crippen molar-refractivity contribution in [3.8, 4) is 22.8 Å². The number of rotatable bonds is 11. The molecule has 42 heavy (non-hydrogen) atoms. The van der Waals surface area contributed by atoms with Gasteiger partial charge in [0.15, 0.2) is 5.75 Å². The largest absolute Gasteiger partial charge is 0.453 e. The van der Waals surface area contributed by atoms with Gasteiger partial charge < -0.3 is 18.8 Å². The first kappa shape index (κ1) is 28.8. The Morgan fingerprint density at radius 3 is 2.79 bits per heavy atom. The van der Waals surface area contributed by atoms with Gasteiger partial charge in [0.1, 0.15) is 34.4 Å². The Morgan fingerprint density at radius 1 is 1.10 bits per heavy atom. The fourth-order valence-electron chi connectivity index (χ4n) is 5.34. The number of imidazole rings is 1. The van der Waals surface area contributed by atoms with Gasteiger partial charge in [-0.3, -0.25) is 9.67 Å². The van der Waals surface area contributed by atoms with E-state index >= 15 is 0 Å². The lowest BCUT2D eigenvalue weighted by Crippen LogP contribution is -2.23. The highest BCUT2D eigenvalue weighted by molar-refractivity contribution is 6.55. The zero-order chi connectivity index (χ0) is 29.3. The third kappa shape index (κ3) is 6.08. The van der Waals surface area contributed by atoms with E-state index in [-0.39, 0.29) is 14.2 Å². The number of hydrogen-bond acceptors (Lipinski definition) is 7. The summed E-state index contributed by atoms with van der Waals surface area (Å²) in [6.45, 7) is 12.4. The second kappa shape index (κ2) is 12.1. The van der Waals surface area contributed by atoms with Crippen LogP contribution in [0.5, 0.6) is 11.5 Å². The van der Waals surface area contributed by atoms with Crippen LogP contribution < -0.4 is 4.74 Å². The van der Waals surface area contributed by atoms with Crippen LogP contribution in [-0.2, 0) is 22.7 Å². The van der Waals surface area contributed by atoms with Gasteiger partial charge in [0.2, 0.25) is 0 Å². The minimum absolute atomic E-state index is 0.0898. The maximum absolute atomic E-state index is 6.89. The van der Waals surface area contributed by atoms with Gasteiger partial charge in [-0.2, -0.15) is 5.10 Å². The topological polar surface area (TPSA) is 89.1 Å². The second-order valence-electron chi connectivity index (χ2n) is 11.7. The van der Waals surface area contributed by atoms with Crippen molar-refractivity contribution in [3.05, 3.63) is 59.8 Å².